The fourth-order valence-corrected chi connectivity index (χ4v) is 2.45. The van der Waals surface area contributed by atoms with Crippen molar-refractivity contribution in [3.8, 4) is 0 Å². The Kier molecular flexibility index (Phi) is 3.56. The first-order valence-electron chi connectivity index (χ1n) is 5.73. The lowest BCUT2D eigenvalue weighted by molar-refractivity contribution is 0.641. The van der Waals surface area contributed by atoms with Crippen LogP contribution in [0.5, 0.6) is 0 Å². The number of halogens is 2. The molecule has 18 heavy (non-hydrogen) atoms. The quantitative estimate of drug-likeness (QED) is 0.778. The minimum absolute atomic E-state index is 0.164. The van der Waals surface area contributed by atoms with Gasteiger partial charge in [-0.15, -0.1) is 0 Å². The van der Waals surface area contributed by atoms with Crippen molar-refractivity contribution in [2.24, 2.45) is 0 Å². The Bertz CT molecular complexity index is 539. The van der Waals surface area contributed by atoms with Gasteiger partial charge in [0.25, 0.3) is 0 Å². The minimum Gasteiger partial charge on any atom is -0.396 e. The highest BCUT2D eigenvalue weighted by Crippen LogP contribution is 2.37. The Morgan fingerprint density at radius 2 is 1.39 bits per heavy atom. The van der Waals surface area contributed by atoms with Crippen molar-refractivity contribution >= 4 is 28.9 Å². The molecular weight excluding hydrogens is 265 g/mol. The predicted molar refractivity (Wildman–Crippen MR) is 79.4 cm³/mol. The third-order valence-electron chi connectivity index (χ3n) is 3.30. The molecule has 2 aromatic rings. The van der Waals surface area contributed by atoms with Crippen LogP contribution < -0.4 is 5.73 Å². The van der Waals surface area contributed by atoms with Gasteiger partial charge in [-0.2, -0.15) is 0 Å². The Hall–Kier alpha value is -1.18. The van der Waals surface area contributed by atoms with Gasteiger partial charge in [0.05, 0.1) is 15.7 Å². The lowest BCUT2D eigenvalue weighted by Gasteiger charge is -2.27. The van der Waals surface area contributed by atoms with Crippen LogP contribution in [0.4, 0.5) is 5.69 Å². The number of hydrogen-bond acceptors (Lipinski definition) is 1. The molecule has 0 aromatic heterocycles. The average molecular weight is 280 g/mol. The molecule has 0 aliphatic heterocycles. The smallest absolute Gasteiger partial charge is 0.0693 e. The van der Waals surface area contributed by atoms with E-state index in [0.29, 0.717) is 15.7 Å². The molecule has 2 rings (SSSR count). The summed E-state index contributed by atoms with van der Waals surface area (Å²) < 4.78 is 0. The summed E-state index contributed by atoms with van der Waals surface area (Å²) in [5, 5.41) is 1.00. The van der Waals surface area contributed by atoms with Crippen molar-refractivity contribution in [3.63, 3.8) is 0 Å². The summed E-state index contributed by atoms with van der Waals surface area (Å²) in [7, 11) is 0. The van der Waals surface area contributed by atoms with Gasteiger partial charge >= 0.3 is 0 Å². The third-order valence-corrected chi connectivity index (χ3v) is 3.92. The molecule has 0 spiro atoms. The normalized spacial score (nSPS) is 11.6. The second-order valence-corrected chi connectivity index (χ2v) is 5.66. The van der Waals surface area contributed by atoms with E-state index >= 15 is 0 Å². The van der Waals surface area contributed by atoms with Gasteiger partial charge in [-0.1, -0.05) is 67.4 Å². The van der Waals surface area contributed by atoms with Crippen molar-refractivity contribution in [3.05, 3.63) is 63.6 Å². The van der Waals surface area contributed by atoms with Crippen LogP contribution in [0.25, 0.3) is 0 Å². The molecule has 0 atom stereocenters. The number of hydrogen-bond donors (Lipinski definition) is 1. The maximum atomic E-state index is 6.10. The van der Waals surface area contributed by atoms with Crippen LogP contribution in [0.3, 0.4) is 0 Å². The molecule has 0 amide bonds. The highest BCUT2D eigenvalue weighted by atomic mass is 35.5. The summed E-state index contributed by atoms with van der Waals surface area (Å²) in [6, 6.07) is 14.0. The number of benzene rings is 2. The Morgan fingerprint density at radius 1 is 0.889 bits per heavy atom. The summed E-state index contributed by atoms with van der Waals surface area (Å²) in [4.78, 5) is 0. The fraction of sp³-hybridized carbons (Fsp3) is 0.200. The average Bonchev–Trinajstić information content (AvgIpc) is 2.36. The molecule has 0 aliphatic carbocycles. The second-order valence-electron chi connectivity index (χ2n) is 4.84. The van der Waals surface area contributed by atoms with Crippen molar-refractivity contribution in [2.45, 2.75) is 19.3 Å². The summed E-state index contributed by atoms with van der Waals surface area (Å²) >= 11 is 12.2. The van der Waals surface area contributed by atoms with Crippen LogP contribution in [0.2, 0.25) is 10.0 Å². The highest BCUT2D eigenvalue weighted by molar-refractivity contribution is 6.38. The van der Waals surface area contributed by atoms with Gasteiger partial charge in [-0.25, -0.2) is 0 Å². The molecule has 0 bridgehead atoms. The van der Waals surface area contributed by atoms with Gasteiger partial charge in [0.15, 0.2) is 0 Å². The van der Waals surface area contributed by atoms with E-state index in [0.717, 1.165) is 5.56 Å². The zero-order valence-electron chi connectivity index (χ0n) is 10.4. The van der Waals surface area contributed by atoms with Crippen LogP contribution in [-0.4, -0.2) is 0 Å². The molecule has 0 saturated carbocycles. The van der Waals surface area contributed by atoms with Gasteiger partial charge in [-0.05, 0) is 23.3 Å². The Balaban J connectivity index is 2.54. The van der Waals surface area contributed by atoms with Crippen molar-refractivity contribution in [1.82, 2.24) is 0 Å². The number of nitrogens with two attached hydrogens (primary N) is 1. The summed E-state index contributed by atoms with van der Waals surface area (Å²) in [6.07, 6.45) is 0. The molecule has 2 N–H and O–H groups in total. The van der Waals surface area contributed by atoms with Crippen LogP contribution in [-0.2, 0) is 5.41 Å². The molecule has 0 aliphatic rings. The van der Waals surface area contributed by atoms with Gasteiger partial charge in [0, 0.05) is 5.41 Å². The first-order valence-corrected chi connectivity index (χ1v) is 6.49. The first kappa shape index (κ1) is 13.3. The summed E-state index contributed by atoms with van der Waals surface area (Å²) in [5.74, 6) is 0. The minimum atomic E-state index is -0.164. The SMILES string of the molecule is CC(C)(c1ccccc1)c1cc(Cl)c(N)c(Cl)c1. The molecule has 0 heterocycles. The van der Waals surface area contributed by atoms with Gasteiger partial charge in [-0.3, -0.25) is 0 Å². The number of rotatable bonds is 2. The van der Waals surface area contributed by atoms with Crippen molar-refractivity contribution < 1.29 is 0 Å². The van der Waals surface area contributed by atoms with E-state index in [9.17, 15) is 0 Å². The predicted octanol–water partition coefficient (Wildman–Crippen LogP) is 4.90. The summed E-state index contributed by atoms with van der Waals surface area (Å²) in [6.45, 7) is 4.28. The van der Waals surface area contributed by atoms with Crippen molar-refractivity contribution in [1.29, 1.82) is 0 Å². The van der Waals surface area contributed by atoms with E-state index in [4.69, 9.17) is 28.9 Å². The topological polar surface area (TPSA) is 26.0 Å². The first-order chi connectivity index (χ1) is 8.43. The van der Waals surface area contributed by atoms with Gasteiger partial charge in [0.2, 0.25) is 0 Å². The van der Waals surface area contributed by atoms with E-state index in [2.05, 4.69) is 26.0 Å². The zero-order chi connectivity index (χ0) is 13.3. The maximum absolute atomic E-state index is 6.10. The number of nitrogen functional groups attached to an aromatic ring is 1. The monoisotopic (exact) mass is 279 g/mol. The summed E-state index contributed by atoms with van der Waals surface area (Å²) in [5.41, 5.74) is 8.30. The third kappa shape index (κ3) is 2.33. The molecule has 0 fully saturated rings. The zero-order valence-corrected chi connectivity index (χ0v) is 11.9. The lowest BCUT2D eigenvalue weighted by atomic mass is 9.78. The largest absolute Gasteiger partial charge is 0.396 e. The molecule has 2 aromatic carbocycles. The Labute approximate surface area is 118 Å². The standard InChI is InChI=1S/C15H15Cl2N/c1-15(2,10-6-4-3-5-7-10)11-8-12(16)14(18)13(17)9-11/h3-9H,18H2,1-2H3. The molecule has 3 heteroatoms. The number of anilines is 1. The van der Waals surface area contributed by atoms with Crippen LogP contribution in [0.15, 0.2) is 42.5 Å². The van der Waals surface area contributed by atoms with Crippen LogP contribution in [0.1, 0.15) is 25.0 Å². The lowest BCUT2D eigenvalue weighted by Crippen LogP contribution is -2.19. The Morgan fingerprint density at radius 3 is 1.89 bits per heavy atom. The molecule has 1 nitrogen and oxygen atoms in total. The molecule has 94 valence electrons. The maximum Gasteiger partial charge on any atom is 0.0693 e. The van der Waals surface area contributed by atoms with Crippen LogP contribution >= 0.6 is 23.2 Å². The van der Waals surface area contributed by atoms with Gasteiger partial charge in [0.1, 0.15) is 0 Å². The molecule has 0 unspecified atom stereocenters. The van der Waals surface area contributed by atoms with Crippen molar-refractivity contribution in [2.75, 3.05) is 5.73 Å². The second kappa shape index (κ2) is 4.83. The fourth-order valence-electron chi connectivity index (χ4n) is 1.97. The van der Waals surface area contributed by atoms with E-state index in [1.54, 1.807) is 0 Å². The molecular formula is C15H15Cl2N. The van der Waals surface area contributed by atoms with Crippen LogP contribution in [0, 0.1) is 0 Å². The van der Waals surface area contributed by atoms with Gasteiger partial charge < -0.3 is 5.73 Å². The van der Waals surface area contributed by atoms with E-state index in [1.165, 1.54) is 5.56 Å². The van der Waals surface area contributed by atoms with E-state index < -0.39 is 0 Å². The van der Waals surface area contributed by atoms with E-state index in [1.807, 2.05) is 30.3 Å². The molecule has 0 radical (unpaired) electrons. The highest BCUT2D eigenvalue weighted by Gasteiger charge is 2.24. The van der Waals surface area contributed by atoms with E-state index in [-0.39, 0.29) is 5.41 Å². The molecule has 0 saturated heterocycles.